The minimum Gasteiger partial charge on any atom is -0.496 e. The van der Waals surface area contributed by atoms with Gasteiger partial charge in [-0.3, -0.25) is 9.36 Å². The summed E-state index contributed by atoms with van der Waals surface area (Å²) in [4.78, 5) is 40.1. The van der Waals surface area contributed by atoms with Crippen LogP contribution in [0.25, 0.3) is 21.8 Å². The van der Waals surface area contributed by atoms with E-state index in [9.17, 15) is 14.4 Å². The summed E-state index contributed by atoms with van der Waals surface area (Å²) in [6, 6.07) is 8.49. The molecule has 0 aliphatic heterocycles. The Bertz CT molecular complexity index is 2030. The molecule has 2 fully saturated rings. The molecule has 15 heteroatoms. The van der Waals surface area contributed by atoms with Crippen LogP contribution in [0.3, 0.4) is 0 Å². The van der Waals surface area contributed by atoms with E-state index in [4.69, 9.17) is 33.9 Å². The monoisotopic (exact) mass is 854 g/mol. The lowest BCUT2D eigenvalue weighted by molar-refractivity contribution is 0.0163. The van der Waals surface area contributed by atoms with Gasteiger partial charge in [0.25, 0.3) is 0 Å². The fourth-order valence-electron chi connectivity index (χ4n) is 7.47. The zero-order chi connectivity index (χ0) is 41.8. The van der Waals surface area contributed by atoms with E-state index in [0.717, 1.165) is 83.4 Å². The molecule has 0 bridgehead atoms. The van der Waals surface area contributed by atoms with Gasteiger partial charge < -0.3 is 33.5 Å². The average Bonchev–Trinajstić information content (AvgIpc) is 3.78. The van der Waals surface area contributed by atoms with Gasteiger partial charge in [-0.25, -0.2) is 14.4 Å². The van der Waals surface area contributed by atoms with Crippen molar-refractivity contribution in [2.45, 2.75) is 128 Å². The molecule has 14 nitrogen and oxygen atoms in total. The standard InChI is InChI=1S/C22H31N3O5.C20H28BrN3O3/c1-22(2,3)30-21(27)24(4)15-7-9-16(10-8-15)25-13-14-11-17(20(26)29-6)19(28-5)12-18(14)23-25;1-20(2,3)27-19(25)23(4)14-6-8-15(9-7-14)24-12-13-10-16(21)18(26-5)11-17(13)22-24/h11-13,15-16H,7-10H2,1-6H3;10-12,14-15H,6-9H2,1-5H3. The van der Waals surface area contributed by atoms with Gasteiger partial charge >= 0.3 is 18.2 Å². The number of fused-ring (bicyclic) bond motifs is 2. The van der Waals surface area contributed by atoms with Crippen LogP contribution in [0, 0.1) is 0 Å². The van der Waals surface area contributed by atoms with Crippen LogP contribution < -0.4 is 9.47 Å². The number of methoxy groups -OCH3 is 3. The van der Waals surface area contributed by atoms with Gasteiger partial charge in [-0.2, -0.15) is 10.2 Å². The third-order valence-electron chi connectivity index (χ3n) is 10.6. The molecule has 0 atom stereocenters. The third-order valence-corrected chi connectivity index (χ3v) is 11.2. The van der Waals surface area contributed by atoms with Crippen molar-refractivity contribution in [2.24, 2.45) is 0 Å². The second kappa shape index (κ2) is 17.9. The normalized spacial score (nSPS) is 19.9. The molecular weight excluding hydrogens is 796 g/mol. The van der Waals surface area contributed by atoms with E-state index in [-0.39, 0.29) is 30.3 Å². The van der Waals surface area contributed by atoms with Crippen LogP contribution in [0.2, 0.25) is 0 Å². The molecule has 0 saturated heterocycles. The van der Waals surface area contributed by atoms with E-state index in [1.807, 2.05) is 78.6 Å². The van der Waals surface area contributed by atoms with Gasteiger partial charge in [0.1, 0.15) is 28.3 Å². The van der Waals surface area contributed by atoms with E-state index in [2.05, 4.69) is 26.8 Å². The van der Waals surface area contributed by atoms with Crippen molar-refractivity contribution < 1.29 is 38.1 Å². The molecule has 2 aliphatic carbocycles. The predicted octanol–water partition coefficient (Wildman–Crippen LogP) is 9.34. The van der Waals surface area contributed by atoms with Crippen LogP contribution in [0.4, 0.5) is 9.59 Å². The second-order valence-corrected chi connectivity index (χ2v) is 17.8. The lowest BCUT2D eigenvalue weighted by Crippen LogP contribution is -2.42. The molecule has 312 valence electrons. The van der Waals surface area contributed by atoms with Gasteiger partial charge in [-0.15, -0.1) is 0 Å². The number of esters is 1. The summed E-state index contributed by atoms with van der Waals surface area (Å²) in [5, 5.41) is 11.4. The first-order chi connectivity index (χ1) is 26.8. The number of ether oxygens (including phenoxy) is 5. The number of halogens is 1. The number of hydrogen-bond acceptors (Lipinski definition) is 10. The molecule has 0 spiro atoms. The number of carbonyl (C=O) groups is 3. The van der Waals surface area contributed by atoms with Gasteiger partial charge in [0, 0.05) is 61.5 Å². The SMILES string of the molecule is COC(=O)c1cc2cn(C3CCC(N(C)C(=O)OC(C)(C)C)CC3)nc2cc1OC.COc1cc2nn(C3CCC(N(C)C(=O)OC(C)(C)C)CC3)cc2cc1Br. The molecule has 57 heavy (non-hydrogen) atoms. The van der Waals surface area contributed by atoms with E-state index < -0.39 is 17.2 Å². The average molecular weight is 856 g/mol. The Balaban J connectivity index is 0.000000219. The molecule has 2 aromatic carbocycles. The van der Waals surface area contributed by atoms with Gasteiger partial charge in [-0.05, 0) is 121 Å². The predicted molar refractivity (Wildman–Crippen MR) is 222 cm³/mol. The van der Waals surface area contributed by atoms with E-state index in [1.54, 1.807) is 29.0 Å². The molecule has 2 amide bonds. The van der Waals surface area contributed by atoms with Crippen molar-refractivity contribution >= 4 is 55.9 Å². The molecule has 6 rings (SSSR count). The van der Waals surface area contributed by atoms with Crippen LogP contribution in [-0.2, 0) is 14.2 Å². The number of amides is 2. The van der Waals surface area contributed by atoms with Gasteiger partial charge in [0.15, 0.2) is 0 Å². The second-order valence-electron chi connectivity index (χ2n) is 17.0. The lowest BCUT2D eigenvalue weighted by atomic mass is 9.90. The summed E-state index contributed by atoms with van der Waals surface area (Å²) >= 11 is 3.53. The van der Waals surface area contributed by atoms with E-state index in [1.165, 1.54) is 14.2 Å². The maximum atomic E-state index is 12.3. The third kappa shape index (κ3) is 10.9. The molecule has 0 radical (unpaired) electrons. The van der Waals surface area contributed by atoms with Crippen molar-refractivity contribution in [1.82, 2.24) is 29.4 Å². The van der Waals surface area contributed by atoms with Crippen molar-refractivity contribution in [1.29, 1.82) is 0 Å². The zero-order valence-electron chi connectivity index (χ0n) is 35.3. The smallest absolute Gasteiger partial charge is 0.410 e. The van der Waals surface area contributed by atoms with E-state index >= 15 is 0 Å². The first kappa shape index (κ1) is 43.6. The highest BCUT2D eigenvalue weighted by atomic mass is 79.9. The van der Waals surface area contributed by atoms with Crippen LogP contribution in [0.1, 0.15) is 115 Å². The van der Waals surface area contributed by atoms with Crippen LogP contribution in [-0.4, -0.2) is 106 Å². The number of aromatic nitrogens is 4. The summed E-state index contributed by atoms with van der Waals surface area (Å²) in [5.74, 6) is 0.796. The number of benzene rings is 2. The first-order valence-electron chi connectivity index (χ1n) is 19.6. The number of nitrogens with zero attached hydrogens (tertiary/aromatic N) is 6. The highest BCUT2D eigenvalue weighted by Gasteiger charge is 2.32. The summed E-state index contributed by atoms with van der Waals surface area (Å²) in [6.07, 6.45) is 11.0. The molecule has 0 N–H and O–H groups in total. The fourth-order valence-corrected chi connectivity index (χ4v) is 7.99. The topological polar surface area (TPSA) is 139 Å². The zero-order valence-corrected chi connectivity index (χ0v) is 36.8. The molecule has 0 unspecified atom stereocenters. The van der Waals surface area contributed by atoms with Crippen LogP contribution >= 0.6 is 15.9 Å². The Labute approximate surface area is 344 Å². The molecule has 2 aromatic heterocycles. The molecule has 2 aliphatic rings. The summed E-state index contributed by atoms with van der Waals surface area (Å²) in [7, 11) is 8.17. The van der Waals surface area contributed by atoms with Gasteiger partial charge in [0.2, 0.25) is 0 Å². The van der Waals surface area contributed by atoms with Crippen molar-refractivity contribution in [2.75, 3.05) is 35.4 Å². The molecule has 2 heterocycles. The summed E-state index contributed by atoms with van der Waals surface area (Å²) in [5.41, 5.74) is 1.12. The maximum Gasteiger partial charge on any atom is 0.410 e. The Morgan fingerprint density at radius 1 is 0.649 bits per heavy atom. The van der Waals surface area contributed by atoms with E-state index in [0.29, 0.717) is 17.4 Å². The van der Waals surface area contributed by atoms with Crippen LogP contribution in [0.5, 0.6) is 11.5 Å². The number of hydrogen-bond donors (Lipinski definition) is 0. The Morgan fingerprint density at radius 3 is 1.44 bits per heavy atom. The molecule has 4 aromatic rings. The Morgan fingerprint density at radius 2 is 1.05 bits per heavy atom. The summed E-state index contributed by atoms with van der Waals surface area (Å²) in [6.45, 7) is 11.3. The van der Waals surface area contributed by atoms with Crippen molar-refractivity contribution in [3.8, 4) is 11.5 Å². The van der Waals surface area contributed by atoms with Gasteiger partial charge in [0.05, 0.1) is 48.9 Å². The van der Waals surface area contributed by atoms with Gasteiger partial charge in [-0.1, -0.05) is 0 Å². The highest BCUT2D eigenvalue weighted by Crippen LogP contribution is 2.36. The van der Waals surface area contributed by atoms with Crippen molar-refractivity contribution in [3.05, 3.63) is 46.7 Å². The Kier molecular flexibility index (Phi) is 13.7. The minimum absolute atomic E-state index is 0.159. The Hall–Kier alpha value is -4.53. The minimum atomic E-state index is -0.498. The number of carbonyl (C=O) groups excluding carboxylic acids is 3. The fraction of sp³-hybridized carbons (Fsp3) is 0.595. The largest absolute Gasteiger partial charge is 0.496 e. The summed E-state index contributed by atoms with van der Waals surface area (Å²) < 4.78 is 31.5. The lowest BCUT2D eigenvalue weighted by Gasteiger charge is -2.35. The first-order valence-corrected chi connectivity index (χ1v) is 20.4. The highest BCUT2D eigenvalue weighted by molar-refractivity contribution is 9.10. The molecular formula is C42H59BrN6O8. The van der Waals surface area contributed by atoms with Crippen molar-refractivity contribution in [3.63, 3.8) is 0 Å². The quantitative estimate of drug-likeness (QED) is 0.131. The van der Waals surface area contributed by atoms with Crippen LogP contribution in [0.15, 0.2) is 41.1 Å². The molecule has 2 saturated carbocycles. The number of rotatable bonds is 7. The maximum absolute atomic E-state index is 12.3.